The van der Waals surface area contributed by atoms with E-state index >= 15 is 0 Å². The topological polar surface area (TPSA) is 0 Å². The summed E-state index contributed by atoms with van der Waals surface area (Å²) < 4.78 is 0. The molecule has 0 aliphatic heterocycles. The third-order valence-electron chi connectivity index (χ3n) is 5.27. The van der Waals surface area contributed by atoms with Gasteiger partial charge in [-0.05, 0) is 66.1 Å². The third-order valence-corrected chi connectivity index (χ3v) is 5.27. The van der Waals surface area contributed by atoms with Gasteiger partial charge in [-0.1, -0.05) is 165 Å². The Balaban J connectivity index is 0.000000158. The molecule has 0 heterocycles. The quantitative estimate of drug-likeness (QED) is 0.144. The molecule has 0 heteroatoms. The first-order valence-corrected chi connectivity index (χ1v) is 13.6. The number of hydrogen-bond donors (Lipinski definition) is 0. The summed E-state index contributed by atoms with van der Waals surface area (Å²) in [5.74, 6) is 0. The molecule has 0 N–H and O–H groups in total. The average molecular weight is 501 g/mol. The van der Waals surface area contributed by atoms with Gasteiger partial charge in [0.05, 0.1) is 0 Å². The van der Waals surface area contributed by atoms with E-state index in [1.807, 2.05) is 0 Å². The molecule has 6 aromatic rings. The van der Waals surface area contributed by atoms with Crippen LogP contribution in [0.15, 0.2) is 121 Å². The molecule has 0 amide bonds. The lowest BCUT2D eigenvalue weighted by Crippen LogP contribution is -1.93. The second-order valence-corrected chi connectivity index (χ2v) is 13.1. The van der Waals surface area contributed by atoms with Gasteiger partial charge < -0.3 is 0 Å². The van der Waals surface area contributed by atoms with E-state index in [1.54, 1.807) is 0 Å². The zero-order valence-corrected chi connectivity index (χ0v) is 24.5. The number of benzene rings is 6. The van der Waals surface area contributed by atoms with Gasteiger partial charge in [-0.3, -0.25) is 0 Å². The van der Waals surface area contributed by atoms with Crippen LogP contribution in [0, 0.1) is 10.8 Å². The Labute approximate surface area is 230 Å². The van der Waals surface area contributed by atoms with Crippen LogP contribution < -0.4 is 0 Å². The highest BCUT2D eigenvalue weighted by Gasteiger charge is 1.98. The van der Waals surface area contributed by atoms with Crippen LogP contribution in [0.25, 0.3) is 43.1 Å². The van der Waals surface area contributed by atoms with Crippen LogP contribution in [-0.2, 0) is 0 Å². The smallest absolute Gasteiger partial charge is 0.0105 e. The fourth-order valence-electron chi connectivity index (χ4n) is 3.84. The highest BCUT2D eigenvalue weighted by atomic mass is 14.0. The van der Waals surface area contributed by atoms with Crippen LogP contribution in [-0.4, -0.2) is 0 Å². The summed E-state index contributed by atoms with van der Waals surface area (Å²) >= 11 is 0. The first-order chi connectivity index (χ1) is 17.9. The molecule has 0 saturated heterocycles. The number of rotatable bonds is 0. The van der Waals surface area contributed by atoms with Gasteiger partial charge in [-0.15, -0.1) is 0 Å². The first-order valence-electron chi connectivity index (χ1n) is 13.6. The van der Waals surface area contributed by atoms with Gasteiger partial charge in [0.1, 0.15) is 0 Å². The summed E-state index contributed by atoms with van der Waals surface area (Å²) in [4.78, 5) is 0. The fourth-order valence-corrected chi connectivity index (χ4v) is 3.84. The van der Waals surface area contributed by atoms with Crippen molar-refractivity contribution in [2.45, 2.75) is 55.4 Å². The van der Waals surface area contributed by atoms with E-state index in [4.69, 9.17) is 0 Å². The van der Waals surface area contributed by atoms with E-state index in [2.05, 4.69) is 177 Å². The molecule has 0 aliphatic rings. The van der Waals surface area contributed by atoms with E-state index in [9.17, 15) is 0 Å². The largest absolute Gasteiger partial charge is 0.0616 e. The fraction of sp³-hybridized carbons (Fsp3) is 0.263. The molecule has 0 nitrogen and oxygen atoms in total. The molecule has 0 unspecified atom stereocenters. The van der Waals surface area contributed by atoms with Crippen molar-refractivity contribution in [2.24, 2.45) is 10.8 Å². The van der Waals surface area contributed by atoms with Crippen molar-refractivity contribution in [3.63, 3.8) is 0 Å². The lowest BCUT2D eigenvalue weighted by Gasteiger charge is -2.05. The van der Waals surface area contributed by atoms with Crippen molar-refractivity contribution in [3.8, 4) is 0 Å². The standard InChI is InChI=1S/2C14H10.2C5H12/c1-3-7-13-11(5-1)9-10-12-6-2-4-8-14(12)13;1-2-6-12-10-14-8-4-3-7-13(14)9-11(12)5-1;2*1-5(2,3)4/h2*1-10H;2*1-4H3. The molecule has 38 heavy (non-hydrogen) atoms. The molecule has 0 radical (unpaired) electrons. The maximum Gasteiger partial charge on any atom is -0.0105 e. The van der Waals surface area contributed by atoms with E-state index < -0.39 is 0 Å². The summed E-state index contributed by atoms with van der Waals surface area (Å²) in [6.45, 7) is 17.5. The molecule has 0 aromatic heterocycles. The zero-order valence-electron chi connectivity index (χ0n) is 24.5. The van der Waals surface area contributed by atoms with Gasteiger partial charge in [0.15, 0.2) is 0 Å². The van der Waals surface area contributed by atoms with Gasteiger partial charge in [-0.25, -0.2) is 0 Å². The van der Waals surface area contributed by atoms with E-state index in [0.29, 0.717) is 10.8 Å². The van der Waals surface area contributed by atoms with Crippen LogP contribution in [0.2, 0.25) is 0 Å². The second-order valence-electron chi connectivity index (χ2n) is 13.1. The molecule has 0 saturated carbocycles. The number of hydrogen-bond acceptors (Lipinski definition) is 0. The minimum atomic E-state index is 0.500. The molecule has 196 valence electrons. The molecule has 0 spiro atoms. The molecule has 6 aromatic carbocycles. The molecule has 0 aliphatic carbocycles. The van der Waals surface area contributed by atoms with Crippen molar-refractivity contribution in [1.29, 1.82) is 0 Å². The minimum absolute atomic E-state index is 0.500. The van der Waals surface area contributed by atoms with Crippen molar-refractivity contribution in [1.82, 2.24) is 0 Å². The van der Waals surface area contributed by atoms with Crippen LogP contribution in [0.5, 0.6) is 0 Å². The maximum atomic E-state index is 2.24. The Hall–Kier alpha value is -3.64. The summed E-state index contributed by atoms with van der Waals surface area (Å²) in [5, 5.41) is 10.5. The van der Waals surface area contributed by atoms with Crippen LogP contribution in [0.3, 0.4) is 0 Å². The minimum Gasteiger partial charge on any atom is -0.0616 e. The summed E-state index contributed by atoms with van der Waals surface area (Å²) in [5.41, 5.74) is 1.00. The lowest BCUT2D eigenvalue weighted by molar-refractivity contribution is 0.469. The maximum absolute atomic E-state index is 2.24. The SMILES string of the molecule is CC(C)(C)C.CC(C)(C)C.c1ccc2c(c1)ccc1ccccc12.c1ccc2cc3ccccc3cc2c1. The highest BCUT2D eigenvalue weighted by molar-refractivity contribution is 6.07. The normalized spacial score (nSPS) is 11.2. The van der Waals surface area contributed by atoms with Crippen molar-refractivity contribution in [2.75, 3.05) is 0 Å². The van der Waals surface area contributed by atoms with Crippen molar-refractivity contribution >= 4 is 43.1 Å². The van der Waals surface area contributed by atoms with E-state index in [1.165, 1.54) is 43.1 Å². The van der Waals surface area contributed by atoms with Crippen molar-refractivity contribution in [3.05, 3.63) is 121 Å². The van der Waals surface area contributed by atoms with Crippen LogP contribution in [0.4, 0.5) is 0 Å². The Kier molecular flexibility index (Phi) is 9.70. The molecular weight excluding hydrogens is 456 g/mol. The lowest BCUT2D eigenvalue weighted by atomic mass is 10.0. The molecule has 0 atom stereocenters. The van der Waals surface area contributed by atoms with Crippen molar-refractivity contribution < 1.29 is 0 Å². The summed E-state index contributed by atoms with van der Waals surface area (Å²) in [7, 11) is 0. The Morgan fingerprint density at radius 3 is 0.763 bits per heavy atom. The predicted octanol–water partition coefficient (Wildman–Crippen LogP) is 12.1. The van der Waals surface area contributed by atoms with Crippen LogP contribution in [0.1, 0.15) is 55.4 Å². The molecule has 0 fully saturated rings. The predicted molar refractivity (Wildman–Crippen MR) is 173 cm³/mol. The average Bonchev–Trinajstić information content (AvgIpc) is 2.86. The summed E-state index contributed by atoms with van der Waals surface area (Å²) in [6.07, 6.45) is 0. The number of fused-ring (bicyclic) bond motifs is 5. The molecule has 6 rings (SSSR count). The third kappa shape index (κ3) is 9.67. The Bertz CT molecular complexity index is 1390. The molecular formula is C38H44. The van der Waals surface area contributed by atoms with Crippen LogP contribution >= 0.6 is 0 Å². The van der Waals surface area contributed by atoms with Gasteiger partial charge in [0.25, 0.3) is 0 Å². The Morgan fingerprint density at radius 2 is 0.500 bits per heavy atom. The zero-order chi connectivity index (χ0) is 27.8. The van der Waals surface area contributed by atoms with Gasteiger partial charge in [0.2, 0.25) is 0 Å². The Morgan fingerprint density at radius 1 is 0.289 bits per heavy atom. The van der Waals surface area contributed by atoms with Gasteiger partial charge in [0, 0.05) is 0 Å². The second kappa shape index (κ2) is 12.7. The van der Waals surface area contributed by atoms with Gasteiger partial charge in [-0.2, -0.15) is 0 Å². The first kappa shape index (κ1) is 28.9. The molecule has 0 bridgehead atoms. The monoisotopic (exact) mass is 500 g/mol. The highest BCUT2D eigenvalue weighted by Crippen LogP contribution is 2.24. The van der Waals surface area contributed by atoms with E-state index in [0.717, 1.165) is 0 Å². The van der Waals surface area contributed by atoms with Gasteiger partial charge >= 0.3 is 0 Å². The summed E-state index contributed by atoms with van der Waals surface area (Å²) in [6, 6.07) is 42.8. The van der Waals surface area contributed by atoms with E-state index in [-0.39, 0.29) is 0 Å².